The number of hydrogen-bond acceptors (Lipinski definition) is 4. The molecule has 1 aromatic heterocycles. The predicted octanol–water partition coefficient (Wildman–Crippen LogP) is 4.77. The Morgan fingerprint density at radius 3 is 2.81 bits per heavy atom. The minimum atomic E-state index is -0.495. The highest BCUT2D eigenvalue weighted by atomic mass is 16.7. The van der Waals surface area contributed by atoms with Crippen LogP contribution in [0.15, 0.2) is 59.9 Å². The average Bonchev–Trinajstić information content (AvgIpc) is 3.33. The topological polar surface area (TPSA) is 66.9 Å². The maximum absolute atomic E-state index is 13.1. The van der Waals surface area contributed by atoms with Crippen LogP contribution in [0.3, 0.4) is 0 Å². The van der Waals surface area contributed by atoms with E-state index in [4.69, 9.17) is 9.57 Å². The molecule has 4 rings (SSSR count). The standard InChI is InChI=1S/C21H21N3O3/c1-14-7-3-6-10-19(14)26-21(25)24(20-11-12-23-27-20)15(2)17-13-22-18-9-5-4-8-16(17)18/h3-10,12-13,15,20,22H,11H2,1-2H3/t15-,20+/m1/s1. The molecule has 6 nitrogen and oxygen atoms in total. The number of oxime groups is 1. The number of fused-ring (bicyclic) bond motifs is 1. The van der Waals surface area contributed by atoms with E-state index in [1.54, 1.807) is 17.2 Å². The lowest BCUT2D eigenvalue weighted by atomic mass is 10.1. The lowest BCUT2D eigenvalue weighted by Crippen LogP contribution is -2.43. The number of benzene rings is 2. The number of aromatic amines is 1. The van der Waals surface area contributed by atoms with Gasteiger partial charge in [-0.1, -0.05) is 41.6 Å². The summed E-state index contributed by atoms with van der Waals surface area (Å²) >= 11 is 0. The number of carbonyl (C=O) groups is 1. The average molecular weight is 363 g/mol. The number of aromatic nitrogens is 1. The first-order valence-electron chi connectivity index (χ1n) is 8.94. The summed E-state index contributed by atoms with van der Waals surface area (Å²) < 4.78 is 5.69. The van der Waals surface area contributed by atoms with Crippen molar-refractivity contribution in [2.75, 3.05) is 0 Å². The van der Waals surface area contributed by atoms with Gasteiger partial charge in [0.15, 0.2) is 0 Å². The molecule has 1 amide bonds. The van der Waals surface area contributed by atoms with E-state index in [0.717, 1.165) is 22.0 Å². The molecule has 3 aromatic rings. The van der Waals surface area contributed by atoms with Crippen LogP contribution in [0.5, 0.6) is 5.75 Å². The number of aryl methyl sites for hydroxylation is 1. The minimum absolute atomic E-state index is 0.260. The van der Waals surface area contributed by atoms with Crippen LogP contribution in [0.4, 0.5) is 4.79 Å². The second kappa shape index (κ2) is 7.15. The Bertz CT molecular complexity index is 987. The number of ether oxygens (including phenoxy) is 1. The number of rotatable bonds is 4. The smallest absolute Gasteiger partial charge is 0.410 e. The Labute approximate surface area is 157 Å². The van der Waals surface area contributed by atoms with Gasteiger partial charge in [0.1, 0.15) is 5.75 Å². The molecule has 0 spiro atoms. The molecule has 1 aliphatic heterocycles. The molecule has 0 aliphatic carbocycles. The van der Waals surface area contributed by atoms with E-state index >= 15 is 0 Å². The molecular weight excluding hydrogens is 342 g/mol. The zero-order chi connectivity index (χ0) is 18.8. The maximum Gasteiger partial charge on any atom is 0.418 e. The lowest BCUT2D eigenvalue weighted by molar-refractivity contribution is -0.0407. The van der Waals surface area contributed by atoms with Gasteiger partial charge in [-0.2, -0.15) is 0 Å². The molecule has 0 unspecified atom stereocenters. The molecule has 1 N–H and O–H groups in total. The van der Waals surface area contributed by atoms with Crippen molar-refractivity contribution >= 4 is 23.2 Å². The highest BCUT2D eigenvalue weighted by Gasteiger charge is 2.35. The molecule has 138 valence electrons. The van der Waals surface area contributed by atoms with E-state index in [2.05, 4.69) is 10.1 Å². The van der Waals surface area contributed by atoms with Crippen LogP contribution in [0, 0.1) is 6.92 Å². The van der Waals surface area contributed by atoms with Gasteiger partial charge in [0.05, 0.1) is 6.04 Å². The summed E-state index contributed by atoms with van der Waals surface area (Å²) in [5.74, 6) is 0.539. The molecule has 0 bridgehead atoms. The quantitative estimate of drug-likeness (QED) is 0.726. The van der Waals surface area contributed by atoms with Gasteiger partial charge in [0, 0.05) is 29.7 Å². The Balaban J connectivity index is 1.66. The Hall–Kier alpha value is -3.28. The van der Waals surface area contributed by atoms with Gasteiger partial charge in [-0.25, -0.2) is 4.79 Å². The molecule has 2 heterocycles. The van der Waals surface area contributed by atoms with Crippen LogP contribution in [-0.4, -0.2) is 28.4 Å². The summed E-state index contributed by atoms with van der Waals surface area (Å²) in [6, 6.07) is 15.2. The van der Waals surface area contributed by atoms with E-state index in [-0.39, 0.29) is 6.04 Å². The molecule has 1 aliphatic rings. The molecular formula is C21H21N3O3. The third-order valence-electron chi connectivity index (χ3n) is 4.86. The zero-order valence-electron chi connectivity index (χ0n) is 15.3. The second-order valence-corrected chi connectivity index (χ2v) is 6.59. The summed E-state index contributed by atoms with van der Waals surface area (Å²) in [6.07, 6.45) is 3.16. The fourth-order valence-corrected chi connectivity index (χ4v) is 3.39. The van der Waals surface area contributed by atoms with E-state index in [0.29, 0.717) is 12.2 Å². The monoisotopic (exact) mass is 363 g/mol. The van der Waals surface area contributed by atoms with Crippen molar-refractivity contribution in [1.29, 1.82) is 0 Å². The Morgan fingerprint density at radius 1 is 1.26 bits per heavy atom. The molecule has 0 radical (unpaired) electrons. The maximum atomic E-state index is 13.1. The molecule has 0 fully saturated rings. The first kappa shape index (κ1) is 17.1. The zero-order valence-corrected chi connectivity index (χ0v) is 15.3. The predicted molar refractivity (Wildman–Crippen MR) is 104 cm³/mol. The summed E-state index contributed by atoms with van der Waals surface area (Å²) in [7, 11) is 0. The first-order chi connectivity index (χ1) is 13.1. The van der Waals surface area contributed by atoms with Gasteiger partial charge in [-0.15, -0.1) is 0 Å². The van der Waals surface area contributed by atoms with Gasteiger partial charge in [0.2, 0.25) is 6.23 Å². The van der Waals surface area contributed by atoms with Crippen LogP contribution in [0.25, 0.3) is 10.9 Å². The van der Waals surface area contributed by atoms with Crippen LogP contribution in [-0.2, 0) is 4.84 Å². The molecule has 2 atom stereocenters. The van der Waals surface area contributed by atoms with Crippen LogP contribution >= 0.6 is 0 Å². The van der Waals surface area contributed by atoms with Crippen molar-refractivity contribution < 1.29 is 14.4 Å². The van der Waals surface area contributed by atoms with Crippen molar-refractivity contribution in [2.24, 2.45) is 5.16 Å². The highest BCUT2D eigenvalue weighted by Crippen LogP contribution is 2.32. The van der Waals surface area contributed by atoms with Crippen LogP contribution in [0.1, 0.15) is 30.5 Å². The fourth-order valence-electron chi connectivity index (χ4n) is 3.39. The van der Waals surface area contributed by atoms with Gasteiger partial charge in [-0.3, -0.25) is 4.90 Å². The fraction of sp³-hybridized carbons (Fsp3) is 0.238. The van der Waals surface area contributed by atoms with Gasteiger partial charge in [-0.05, 0) is 37.1 Å². The van der Waals surface area contributed by atoms with Crippen molar-refractivity contribution in [3.8, 4) is 5.75 Å². The number of nitrogens with one attached hydrogen (secondary N) is 1. The highest BCUT2D eigenvalue weighted by molar-refractivity contribution is 5.84. The van der Waals surface area contributed by atoms with Crippen LogP contribution in [0.2, 0.25) is 0 Å². The SMILES string of the molecule is Cc1ccccc1OC(=O)N([C@@H]1CC=NO1)[C@H](C)c1c[nH]c2ccccc12. The van der Waals surface area contributed by atoms with E-state index in [1.165, 1.54) is 0 Å². The van der Waals surface area contributed by atoms with Gasteiger partial charge in [0.25, 0.3) is 0 Å². The van der Waals surface area contributed by atoms with Gasteiger partial charge < -0.3 is 14.6 Å². The largest absolute Gasteiger partial charge is 0.418 e. The van der Waals surface area contributed by atoms with Crippen molar-refractivity contribution in [1.82, 2.24) is 9.88 Å². The normalized spacial score (nSPS) is 16.9. The number of carbonyl (C=O) groups excluding carboxylic acids is 1. The number of hydrogen-bond donors (Lipinski definition) is 1. The van der Waals surface area contributed by atoms with Crippen molar-refractivity contribution in [2.45, 2.75) is 32.5 Å². The molecule has 0 saturated carbocycles. The summed E-state index contributed by atoms with van der Waals surface area (Å²) in [5, 5.41) is 4.90. The molecule has 2 aromatic carbocycles. The van der Waals surface area contributed by atoms with Crippen molar-refractivity contribution in [3.05, 3.63) is 65.9 Å². The number of para-hydroxylation sites is 2. The molecule has 6 heteroatoms. The van der Waals surface area contributed by atoms with Crippen molar-refractivity contribution in [3.63, 3.8) is 0 Å². The third kappa shape index (κ3) is 3.26. The number of amides is 1. The van der Waals surface area contributed by atoms with E-state index < -0.39 is 12.3 Å². The summed E-state index contributed by atoms with van der Waals surface area (Å²) in [4.78, 5) is 23.4. The number of H-pyrrole nitrogens is 1. The van der Waals surface area contributed by atoms with Gasteiger partial charge >= 0.3 is 6.09 Å². The summed E-state index contributed by atoms with van der Waals surface area (Å²) in [6.45, 7) is 3.88. The molecule has 0 saturated heterocycles. The Kier molecular flexibility index (Phi) is 4.54. The van der Waals surface area contributed by atoms with E-state index in [1.807, 2.05) is 62.5 Å². The lowest BCUT2D eigenvalue weighted by Gasteiger charge is -2.31. The molecule has 27 heavy (non-hydrogen) atoms. The van der Waals surface area contributed by atoms with E-state index in [9.17, 15) is 4.79 Å². The Morgan fingerprint density at radius 2 is 2.04 bits per heavy atom. The first-order valence-corrected chi connectivity index (χ1v) is 8.94. The second-order valence-electron chi connectivity index (χ2n) is 6.59. The number of nitrogens with zero attached hydrogens (tertiary/aromatic N) is 2. The summed E-state index contributed by atoms with van der Waals surface area (Å²) in [5.41, 5.74) is 2.92. The van der Waals surface area contributed by atoms with Crippen LogP contribution < -0.4 is 4.74 Å². The third-order valence-corrected chi connectivity index (χ3v) is 4.86. The minimum Gasteiger partial charge on any atom is -0.410 e.